The van der Waals surface area contributed by atoms with Crippen LogP contribution in [-0.4, -0.2) is 44.9 Å². The predicted octanol–water partition coefficient (Wildman–Crippen LogP) is 4.57. The molecule has 0 bridgehead atoms. The summed E-state index contributed by atoms with van der Waals surface area (Å²) in [5, 5.41) is 0. The van der Waals surface area contributed by atoms with Gasteiger partial charge in [0.1, 0.15) is 11.5 Å². The lowest BCUT2D eigenvalue weighted by atomic mass is 10.1. The summed E-state index contributed by atoms with van der Waals surface area (Å²) in [4.78, 5) is 2.46. The van der Waals surface area contributed by atoms with Crippen LogP contribution in [0, 0.1) is 7.14 Å². The maximum absolute atomic E-state index is 6.09. The van der Waals surface area contributed by atoms with Crippen molar-refractivity contribution in [1.29, 1.82) is 0 Å². The van der Waals surface area contributed by atoms with E-state index >= 15 is 0 Å². The molecule has 0 aromatic heterocycles. The van der Waals surface area contributed by atoms with Crippen LogP contribution >= 0.6 is 45.2 Å². The Labute approximate surface area is 176 Å². The maximum Gasteiger partial charge on any atom is 0.154 e. The number of methoxy groups -OCH3 is 1. The first-order chi connectivity index (χ1) is 12.2. The van der Waals surface area contributed by atoms with Gasteiger partial charge in [0.05, 0.1) is 27.5 Å². The van der Waals surface area contributed by atoms with E-state index in [1.165, 1.54) is 5.56 Å². The Hall–Kier alpha value is -0.580. The van der Waals surface area contributed by atoms with E-state index in [0.29, 0.717) is 0 Å². The fraction of sp³-hybridized carbons (Fsp3) is 0.368. The molecule has 1 aliphatic rings. The summed E-state index contributed by atoms with van der Waals surface area (Å²) in [6.07, 6.45) is 1.05. The molecule has 0 spiro atoms. The van der Waals surface area contributed by atoms with Gasteiger partial charge >= 0.3 is 0 Å². The number of rotatable bonds is 6. The summed E-state index contributed by atoms with van der Waals surface area (Å²) < 4.78 is 19.0. The zero-order valence-electron chi connectivity index (χ0n) is 14.1. The Morgan fingerprint density at radius 3 is 2.20 bits per heavy atom. The van der Waals surface area contributed by atoms with Gasteiger partial charge in [0, 0.05) is 19.6 Å². The first-order valence-corrected chi connectivity index (χ1v) is 10.4. The lowest BCUT2D eigenvalue weighted by Crippen LogP contribution is -2.37. The number of nitrogens with zero attached hydrogens (tertiary/aromatic N) is 1. The molecular formula is C19H21I2NO3. The SMILES string of the molecule is COc1ccc(Oc2c(I)cc(CCN3CCOCC3)cc2I)cc1. The molecule has 25 heavy (non-hydrogen) atoms. The molecule has 3 rings (SSSR count). The molecule has 0 amide bonds. The summed E-state index contributed by atoms with van der Waals surface area (Å²) >= 11 is 4.72. The number of hydrogen-bond acceptors (Lipinski definition) is 4. The van der Waals surface area contributed by atoms with Crippen molar-refractivity contribution in [1.82, 2.24) is 4.90 Å². The zero-order chi connectivity index (χ0) is 17.6. The van der Waals surface area contributed by atoms with Crippen LogP contribution in [0.2, 0.25) is 0 Å². The average molecular weight is 565 g/mol. The Morgan fingerprint density at radius 1 is 1.00 bits per heavy atom. The summed E-state index contributed by atoms with van der Waals surface area (Å²) in [7, 11) is 1.66. The highest BCUT2D eigenvalue weighted by atomic mass is 127. The molecule has 0 atom stereocenters. The van der Waals surface area contributed by atoms with Crippen LogP contribution in [0.5, 0.6) is 17.2 Å². The van der Waals surface area contributed by atoms with Gasteiger partial charge in [-0.25, -0.2) is 0 Å². The van der Waals surface area contributed by atoms with Crippen LogP contribution in [0.1, 0.15) is 5.56 Å². The van der Waals surface area contributed by atoms with Gasteiger partial charge in [-0.15, -0.1) is 0 Å². The minimum Gasteiger partial charge on any atom is -0.497 e. The van der Waals surface area contributed by atoms with E-state index in [1.54, 1.807) is 7.11 Å². The summed E-state index contributed by atoms with van der Waals surface area (Å²) in [6.45, 7) is 4.85. The third-order valence-corrected chi connectivity index (χ3v) is 5.76. The minimum atomic E-state index is 0.817. The van der Waals surface area contributed by atoms with Crippen molar-refractivity contribution in [2.75, 3.05) is 40.0 Å². The van der Waals surface area contributed by atoms with E-state index in [4.69, 9.17) is 14.2 Å². The number of benzene rings is 2. The van der Waals surface area contributed by atoms with Crippen LogP contribution in [-0.2, 0) is 11.2 Å². The second-order valence-corrected chi connectivity index (χ2v) is 8.19. The molecule has 0 N–H and O–H groups in total. The molecule has 0 aliphatic carbocycles. The second kappa shape index (κ2) is 9.38. The van der Waals surface area contributed by atoms with E-state index in [9.17, 15) is 0 Å². The summed E-state index contributed by atoms with van der Waals surface area (Å²) in [5.74, 6) is 2.56. The quantitative estimate of drug-likeness (QED) is 0.481. The molecule has 2 aromatic carbocycles. The minimum absolute atomic E-state index is 0.817. The highest BCUT2D eigenvalue weighted by Crippen LogP contribution is 2.33. The van der Waals surface area contributed by atoms with Crippen molar-refractivity contribution < 1.29 is 14.2 Å². The Bertz CT molecular complexity index is 677. The van der Waals surface area contributed by atoms with Crippen LogP contribution in [0.4, 0.5) is 0 Å². The summed E-state index contributed by atoms with van der Waals surface area (Å²) in [5.41, 5.74) is 1.35. The van der Waals surface area contributed by atoms with E-state index in [0.717, 1.165) is 63.7 Å². The third-order valence-electron chi connectivity index (χ3n) is 4.16. The van der Waals surface area contributed by atoms with Crippen LogP contribution < -0.4 is 9.47 Å². The summed E-state index contributed by atoms with van der Waals surface area (Å²) in [6, 6.07) is 12.1. The molecule has 0 saturated carbocycles. The van der Waals surface area contributed by atoms with Crippen LogP contribution in [0.3, 0.4) is 0 Å². The van der Waals surface area contributed by atoms with Gasteiger partial charge in [-0.05, 0) is 93.6 Å². The van der Waals surface area contributed by atoms with Crippen molar-refractivity contribution in [3.63, 3.8) is 0 Å². The topological polar surface area (TPSA) is 30.9 Å². The predicted molar refractivity (Wildman–Crippen MR) is 116 cm³/mol. The second-order valence-electron chi connectivity index (χ2n) is 5.87. The van der Waals surface area contributed by atoms with Crippen LogP contribution in [0.15, 0.2) is 36.4 Å². The molecule has 0 radical (unpaired) electrons. The molecule has 6 heteroatoms. The molecule has 2 aromatic rings. The Balaban J connectivity index is 1.66. The van der Waals surface area contributed by atoms with Gasteiger partial charge < -0.3 is 14.2 Å². The smallest absolute Gasteiger partial charge is 0.154 e. The number of ether oxygens (including phenoxy) is 3. The van der Waals surface area contributed by atoms with Gasteiger partial charge in [-0.1, -0.05) is 0 Å². The van der Waals surface area contributed by atoms with E-state index in [1.807, 2.05) is 24.3 Å². The van der Waals surface area contributed by atoms with E-state index < -0.39 is 0 Å². The van der Waals surface area contributed by atoms with Crippen molar-refractivity contribution in [3.05, 3.63) is 49.1 Å². The molecule has 1 heterocycles. The first-order valence-electron chi connectivity index (χ1n) is 8.25. The largest absolute Gasteiger partial charge is 0.497 e. The van der Waals surface area contributed by atoms with Crippen molar-refractivity contribution in [2.24, 2.45) is 0 Å². The highest BCUT2D eigenvalue weighted by Gasteiger charge is 2.13. The molecule has 1 aliphatic heterocycles. The van der Waals surface area contributed by atoms with Gasteiger partial charge in [0.25, 0.3) is 0 Å². The number of halogens is 2. The van der Waals surface area contributed by atoms with Gasteiger partial charge in [0.2, 0.25) is 0 Å². The van der Waals surface area contributed by atoms with E-state index in [-0.39, 0.29) is 0 Å². The molecule has 1 fully saturated rings. The fourth-order valence-corrected chi connectivity index (χ4v) is 4.85. The fourth-order valence-electron chi connectivity index (χ4n) is 2.73. The Morgan fingerprint density at radius 2 is 1.60 bits per heavy atom. The number of morpholine rings is 1. The molecule has 4 nitrogen and oxygen atoms in total. The first kappa shape index (κ1) is 19.2. The van der Waals surface area contributed by atoms with Gasteiger partial charge in [0.15, 0.2) is 5.75 Å². The molecule has 0 unspecified atom stereocenters. The monoisotopic (exact) mass is 565 g/mol. The average Bonchev–Trinajstić information content (AvgIpc) is 2.64. The molecule has 134 valence electrons. The van der Waals surface area contributed by atoms with E-state index in [2.05, 4.69) is 62.2 Å². The van der Waals surface area contributed by atoms with Gasteiger partial charge in [-0.2, -0.15) is 0 Å². The lowest BCUT2D eigenvalue weighted by molar-refractivity contribution is 0.0384. The van der Waals surface area contributed by atoms with Crippen molar-refractivity contribution >= 4 is 45.2 Å². The zero-order valence-corrected chi connectivity index (χ0v) is 18.4. The highest BCUT2D eigenvalue weighted by molar-refractivity contribution is 14.1. The maximum atomic E-state index is 6.09. The van der Waals surface area contributed by atoms with Crippen molar-refractivity contribution in [2.45, 2.75) is 6.42 Å². The van der Waals surface area contributed by atoms with Crippen LogP contribution in [0.25, 0.3) is 0 Å². The lowest BCUT2D eigenvalue weighted by Gasteiger charge is -2.26. The molecular weight excluding hydrogens is 544 g/mol. The Kier molecular flexibility index (Phi) is 7.20. The third kappa shape index (κ3) is 5.45. The number of hydrogen-bond donors (Lipinski definition) is 0. The normalized spacial score (nSPS) is 15.2. The van der Waals surface area contributed by atoms with Crippen molar-refractivity contribution in [3.8, 4) is 17.2 Å². The standard InChI is InChI=1S/C19H21I2NO3/c1-23-15-2-4-16(5-3-15)25-19-17(20)12-14(13-18(19)21)6-7-22-8-10-24-11-9-22/h2-5,12-13H,6-11H2,1H3. The van der Waals surface area contributed by atoms with Gasteiger partial charge in [-0.3, -0.25) is 4.90 Å². The molecule has 1 saturated heterocycles.